The molecule has 0 bridgehead atoms. The van der Waals surface area contributed by atoms with E-state index in [9.17, 15) is 4.57 Å². The van der Waals surface area contributed by atoms with Crippen LogP contribution in [0.1, 0.15) is 20.8 Å². The second-order valence-corrected chi connectivity index (χ2v) is 11.7. The van der Waals surface area contributed by atoms with E-state index in [1.165, 1.54) is 16.4 Å². The van der Waals surface area contributed by atoms with Gasteiger partial charge in [-0.2, -0.15) is 0 Å². The van der Waals surface area contributed by atoms with Crippen LogP contribution < -0.4 is 10.0 Å². The van der Waals surface area contributed by atoms with E-state index in [1.54, 1.807) is 7.11 Å². The van der Waals surface area contributed by atoms with Gasteiger partial charge >= 0.3 is 8.25 Å². The molecular formula is C21H30O4P3+. The molecule has 0 fully saturated rings. The van der Waals surface area contributed by atoms with Crippen LogP contribution in [0.4, 0.5) is 0 Å². The van der Waals surface area contributed by atoms with E-state index in [0.717, 1.165) is 24.2 Å². The SMILES string of the molecule is CCP(CC)C(C)O[P+](=O)OCCPc1ccccc1-c1ccc(OC)cc1. The number of methoxy groups -OCH3 is 1. The van der Waals surface area contributed by atoms with Gasteiger partial charge in [0.1, 0.15) is 18.2 Å². The standard InChI is InChI=1S/C21H30O4P3/c1-5-27(6-2)17(3)25-28(22)24-15-16-26-21-10-8-7-9-20(21)18-11-13-19(23-4)14-12-18/h7-14,17,26H,5-6,15-16H2,1-4H3/q+1. The summed E-state index contributed by atoms with van der Waals surface area (Å²) in [5.74, 6) is 0.872. The highest BCUT2D eigenvalue weighted by molar-refractivity contribution is 7.58. The molecule has 0 N–H and O–H groups in total. The van der Waals surface area contributed by atoms with Gasteiger partial charge in [-0.25, -0.2) is 0 Å². The second kappa shape index (κ2) is 12.6. The van der Waals surface area contributed by atoms with Gasteiger partial charge in [-0.05, 0) is 54.0 Å². The summed E-state index contributed by atoms with van der Waals surface area (Å²) < 4.78 is 28.3. The summed E-state index contributed by atoms with van der Waals surface area (Å²) in [6, 6.07) is 16.5. The van der Waals surface area contributed by atoms with E-state index in [-0.39, 0.29) is 13.8 Å². The maximum absolute atomic E-state index is 12.1. The molecule has 3 atom stereocenters. The van der Waals surface area contributed by atoms with Crippen molar-refractivity contribution in [2.45, 2.75) is 26.6 Å². The zero-order valence-corrected chi connectivity index (χ0v) is 19.8. The first-order valence-corrected chi connectivity index (χ1v) is 13.7. The van der Waals surface area contributed by atoms with Crippen molar-refractivity contribution in [3.05, 3.63) is 48.5 Å². The molecule has 2 aromatic rings. The van der Waals surface area contributed by atoms with Crippen molar-refractivity contribution in [1.29, 1.82) is 0 Å². The lowest BCUT2D eigenvalue weighted by Crippen LogP contribution is -2.06. The van der Waals surface area contributed by atoms with Crippen LogP contribution in [0.25, 0.3) is 11.1 Å². The summed E-state index contributed by atoms with van der Waals surface area (Å²) >= 11 is 0. The molecule has 4 nitrogen and oxygen atoms in total. The Morgan fingerprint density at radius 1 is 1.07 bits per heavy atom. The fourth-order valence-electron chi connectivity index (χ4n) is 2.92. The highest BCUT2D eigenvalue weighted by atomic mass is 31.1. The third-order valence-corrected chi connectivity index (χ3v) is 9.59. The molecule has 0 aliphatic rings. The van der Waals surface area contributed by atoms with Crippen molar-refractivity contribution >= 4 is 30.1 Å². The van der Waals surface area contributed by atoms with Crippen LogP contribution in [-0.4, -0.2) is 38.0 Å². The zero-order valence-electron chi connectivity index (χ0n) is 17.1. The molecule has 0 aliphatic heterocycles. The molecule has 2 aromatic carbocycles. The lowest BCUT2D eigenvalue weighted by molar-refractivity contribution is 0.226. The maximum Gasteiger partial charge on any atom is 0.698 e. The van der Waals surface area contributed by atoms with Crippen molar-refractivity contribution in [1.82, 2.24) is 0 Å². The van der Waals surface area contributed by atoms with Gasteiger partial charge in [0.05, 0.1) is 7.11 Å². The minimum Gasteiger partial charge on any atom is -0.497 e. The summed E-state index contributed by atoms with van der Waals surface area (Å²) in [6.07, 6.45) is 2.99. The fourth-order valence-corrected chi connectivity index (χ4v) is 6.99. The largest absolute Gasteiger partial charge is 0.698 e. The monoisotopic (exact) mass is 439 g/mol. The molecule has 0 aliphatic carbocycles. The van der Waals surface area contributed by atoms with Crippen molar-refractivity contribution in [3.8, 4) is 16.9 Å². The topological polar surface area (TPSA) is 44.8 Å². The highest BCUT2D eigenvalue weighted by Crippen LogP contribution is 2.45. The minimum atomic E-state index is -2.04. The van der Waals surface area contributed by atoms with Gasteiger partial charge in [-0.15, -0.1) is 9.05 Å². The Hall–Kier alpha value is -0.880. The van der Waals surface area contributed by atoms with Crippen LogP contribution in [0.5, 0.6) is 5.75 Å². The van der Waals surface area contributed by atoms with Crippen LogP contribution in [-0.2, 0) is 13.6 Å². The number of hydrogen-bond acceptors (Lipinski definition) is 4. The first-order chi connectivity index (χ1) is 13.6. The van der Waals surface area contributed by atoms with E-state index in [0.29, 0.717) is 15.2 Å². The molecule has 0 aromatic heterocycles. The van der Waals surface area contributed by atoms with Gasteiger partial charge < -0.3 is 4.74 Å². The summed E-state index contributed by atoms with van der Waals surface area (Å²) in [5, 5.41) is 1.28. The molecule has 152 valence electrons. The number of benzene rings is 2. The third-order valence-electron chi connectivity index (χ3n) is 4.51. The Bertz CT molecular complexity index is 733. The van der Waals surface area contributed by atoms with Gasteiger partial charge in [0.2, 0.25) is 0 Å². The van der Waals surface area contributed by atoms with Crippen molar-refractivity contribution < 1.29 is 18.3 Å². The normalized spacial score (nSPS) is 13.2. The maximum atomic E-state index is 12.1. The van der Waals surface area contributed by atoms with Crippen molar-refractivity contribution in [2.24, 2.45) is 0 Å². The summed E-state index contributed by atoms with van der Waals surface area (Å²) in [4.78, 5) is 0. The molecule has 0 radical (unpaired) electrons. The van der Waals surface area contributed by atoms with Crippen LogP contribution in [0, 0.1) is 0 Å². The van der Waals surface area contributed by atoms with E-state index in [2.05, 4.69) is 50.2 Å². The Balaban J connectivity index is 1.85. The van der Waals surface area contributed by atoms with E-state index >= 15 is 0 Å². The molecule has 0 saturated heterocycles. The Morgan fingerprint density at radius 3 is 2.39 bits per heavy atom. The summed E-state index contributed by atoms with van der Waals surface area (Å²) in [6.45, 7) is 6.75. The molecule has 3 unspecified atom stereocenters. The molecule has 0 heterocycles. The number of ether oxygens (including phenoxy) is 1. The third kappa shape index (κ3) is 7.18. The Morgan fingerprint density at radius 2 is 1.75 bits per heavy atom. The fraction of sp³-hybridized carbons (Fsp3) is 0.429. The quantitative estimate of drug-likeness (QED) is 0.291. The smallest absolute Gasteiger partial charge is 0.497 e. The molecule has 0 spiro atoms. The summed E-state index contributed by atoms with van der Waals surface area (Å²) in [5.41, 5.74) is 2.38. The number of rotatable bonds is 12. The van der Waals surface area contributed by atoms with Gasteiger partial charge in [-0.1, -0.05) is 66.7 Å². The first kappa shape index (κ1) is 23.4. The lowest BCUT2D eigenvalue weighted by Gasteiger charge is -2.15. The van der Waals surface area contributed by atoms with Gasteiger partial charge in [0, 0.05) is 4.57 Å². The molecule has 0 saturated carbocycles. The summed E-state index contributed by atoms with van der Waals surface area (Å²) in [7, 11) is -0.0236. The average Bonchev–Trinajstić information content (AvgIpc) is 2.72. The second-order valence-electron chi connectivity index (χ2n) is 6.18. The Kier molecular flexibility index (Phi) is 10.6. The predicted molar refractivity (Wildman–Crippen MR) is 123 cm³/mol. The van der Waals surface area contributed by atoms with Crippen LogP contribution in [0.15, 0.2) is 48.5 Å². The van der Waals surface area contributed by atoms with Crippen LogP contribution in [0.3, 0.4) is 0 Å². The molecular weight excluding hydrogens is 409 g/mol. The number of hydrogen-bond donors (Lipinski definition) is 0. The molecule has 0 amide bonds. The lowest BCUT2D eigenvalue weighted by atomic mass is 10.1. The molecule has 28 heavy (non-hydrogen) atoms. The molecule has 2 rings (SSSR count). The van der Waals surface area contributed by atoms with Crippen molar-refractivity contribution in [2.75, 3.05) is 32.2 Å². The minimum absolute atomic E-state index is 0.0202. The van der Waals surface area contributed by atoms with Gasteiger partial charge in [0.25, 0.3) is 0 Å². The van der Waals surface area contributed by atoms with E-state index in [1.807, 2.05) is 19.1 Å². The van der Waals surface area contributed by atoms with Crippen LogP contribution >= 0.6 is 24.8 Å². The van der Waals surface area contributed by atoms with E-state index in [4.69, 9.17) is 13.8 Å². The zero-order chi connectivity index (χ0) is 20.4. The van der Waals surface area contributed by atoms with Crippen LogP contribution in [0.2, 0.25) is 0 Å². The first-order valence-electron chi connectivity index (χ1n) is 9.57. The van der Waals surface area contributed by atoms with Crippen molar-refractivity contribution in [3.63, 3.8) is 0 Å². The Labute approximate surface area is 172 Å². The molecule has 7 heteroatoms. The van der Waals surface area contributed by atoms with E-state index < -0.39 is 8.25 Å². The predicted octanol–water partition coefficient (Wildman–Crippen LogP) is 6.22. The van der Waals surface area contributed by atoms with Gasteiger partial charge in [-0.3, -0.25) is 0 Å². The average molecular weight is 439 g/mol. The highest BCUT2D eigenvalue weighted by Gasteiger charge is 2.28. The van der Waals surface area contributed by atoms with Gasteiger partial charge in [0.15, 0.2) is 0 Å².